The molecular weight excluding hydrogens is 659 g/mol. The Balaban J connectivity index is 1.42. The Labute approximate surface area is 319 Å². The van der Waals surface area contributed by atoms with Crippen molar-refractivity contribution in [3.63, 3.8) is 0 Å². The van der Waals surface area contributed by atoms with E-state index >= 15 is 0 Å². The first-order valence-corrected chi connectivity index (χ1v) is 20.4. The Morgan fingerprint density at radius 1 is 0.736 bits per heavy atom. The third kappa shape index (κ3) is 6.91. The lowest BCUT2D eigenvalue weighted by Crippen LogP contribution is -2.57. The number of methoxy groups -OCH3 is 2. The summed E-state index contributed by atoms with van der Waals surface area (Å²) in [6, 6.07) is 15.9. The maximum Gasteiger partial charge on any atom is 0.337 e. The minimum Gasteiger partial charge on any atom is -0.465 e. The lowest BCUT2D eigenvalue weighted by atomic mass is 9.41. The number of fused-ring (bicyclic) bond motifs is 4. The highest BCUT2D eigenvalue weighted by atomic mass is 16.6. The fraction of sp³-hybridized carbons (Fsp3) is 0.638. The zero-order chi connectivity index (χ0) is 38.2. The molecule has 2 aromatic carbocycles. The van der Waals surface area contributed by atoms with Crippen molar-refractivity contribution < 1.29 is 23.9 Å². The Hall–Kier alpha value is -3.41. The van der Waals surface area contributed by atoms with Gasteiger partial charge in [-0.05, 0) is 140 Å². The first kappa shape index (κ1) is 39.3. The van der Waals surface area contributed by atoms with Gasteiger partial charge >= 0.3 is 11.9 Å². The smallest absolute Gasteiger partial charge is 0.337 e. The van der Waals surface area contributed by atoms with Gasteiger partial charge in [-0.1, -0.05) is 101 Å². The Morgan fingerprint density at radius 3 is 1.85 bits per heavy atom. The van der Waals surface area contributed by atoms with E-state index in [1.165, 1.54) is 70.3 Å². The molecule has 0 saturated heterocycles. The minimum atomic E-state index is -0.327. The van der Waals surface area contributed by atoms with Crippen LogP contribution in [0.5, 0.6) is 0 Å². The van der Waals surface area contributed by atoms with Crippen LogP contribution in [-0.2, 0) is 27.2 Å². The van der Waals surface area contributed by atoms with E-state index in [1.807, 2.05) is 24.3 Å². The van der Waals surface area contributed by atoms with Crippen LogP contribution in [0.1, 0.15) is 144 Å². The monoisotopic (exact) mass is 723 g/mol. The largest absolute Gasteiger partial charge is 0.465 e. The number of rotatable bonds is 12. The molecule has 53 heavy (non-hydrogen) atoms. The second kappa shape index (κ2) is 15.4. The third-order valence-electron chi connectivity index (χ3n) is 15.3. The van der Waals surface area contributed by atoms with Crippen LogP contribution in [0, 0.1) is 45.3 Å². The lowest BCUT2D eigenvalue weighted by molar-refractivity contribution is 0.00184. The highest BCUT2D eigenvalue weighted by Gasteiger charge is 2.64. The second-order valence-corrected chi connectivity index (χ2v) is 18.3. The maximum atomic E-state index is 12.4. The fourth-order valence-corrected chi connectivity index (χ4v) is 12.4. The number of allylic oxidation sites excluding steroid dienone is 2. The van der Waals surface area contributed by atoms with Crippen molar-refractivity contribution in [1.82, 2.24) is 0 Å². The van der Waals surface area contributed by atoms with Gasteiger partial charge in [0, 0.05) is 5.41 Å². The van der Waals surface area contributed by atoms with E-state index in [2.05, 4.69) is 65.8 Å². The number of hydrogen-bond donors (Lipinski definition) is 0. The second-order valence-electron chi connectivity index (χ2n) is 18.3. The molecule has 2 aromatic rings. The summed E-state index contributed by atoms with van der Waals surface area (Å²) >= 11 is 0. The van der Waals surface area contributed by atoms with Crippen LogP contribution < -0.4 is 0 Å². The molecule has 6 rings (SSSR count). The van der Waals surface area contributed by atoms with Crippen molar-refractivity contribution in [3.05, 3.63) is 81.9 Å². The Bertz CT molecular complexity index is 1640. The normalized spacial score (nSPS) is 30.3. The molecule has 0 N–H and O–H groups in total. The predicted octanol–water partition coefficient (Wildman–Crippen LogP) is 11.2. The van der Waals surface area contributed by atoms with Gasteiger partial charge in [0.2, 0.25) is 0 Å². The quantitative estimate of drug-likeness (QED) is 0.124. The number of carbonyl (C=O) groups excluding carboxylic acids is 2. The average Bonchev–Trinajstić information content (AvgIpc) is 3.43. The molecule has 0 bridgehead atoms. The Kier molecular flexibility index (Phi) is 11.4. The van der Waals surface area contributed by atoms with Gasteiger partial charge in [-0.15, -0.1) is 0 Å². The van der Waals surface area contributed by atoms with Crippen LogP contribution in [0.4, 0.5) is 0 Å². The lowest BCUT2D eigenvalue weighted by Gasteiger charge is -2.62. The van der Waals surface area contributed by atoms with Gasteiger partial charge in [0.1, 0.15) is 7.11 Å². The molecule has 0 aromatic heterocycles. The van der Waals surface area contributed by atoms with Crippen molar-refractivity contribution in [2.24, 2.45) is 50.5 Å². The summed E-state index contributed by atoms with van der Waals surface area (Å²) in [5, 5.41) is 4.87. The molecule has 288 valence electrons. The highest BCUT2D eigenvalue weighted by molar-refractivity contribution is 5.93. The number of carbonyl (C=O) groups is 2. The van der Waals surface area contributed by atoms with Crippen molar-refractivity contribution in [1.29, 1.82) is 0 Å². The number of hydrogen-bond acceptors (Lipinski definition) is 6. The minimum absolute atomic E-state index is 0.0313. The highest BCUT2D eigenvalue weighted by Crippen LogP contribution is 2.72. The third-order valence-corrected chi connectivity index (χ3v) is 15.3. The Morgan fingerprint density at radius 2 is 1.32 bits per heavy atom. The maximum absolute atomic E-state index is 12.4. The molecule has 4 aliphatic rings. The number of ether oxygens (including phenoxy) is 2. The molecule has 0 spiro atoms. The van der Waals surface area contributed by atoms with E-state index in [0.717, 1.165) is 62.0 Å². The van der Waals surface area contributed by atoms with E-state index in [9.17, 15) is 9.59 Å². The van der Waals surface area contributed by atoms with Gasteiger partial charge in [-0.3, -0.25) is 0 Å². The summed E-state index contributed by atoms with van der Waals surface area (Å²) in [7, 11) is 4.52. The van der Waals surface area contributed by atoms with Crippen LogP contribution in [0.2, 0.25) is 0 Å². The molecule has 0 unspecified atom stereocenters. The summed E-state index contributed by atoms with van der Waals surface area (Å²) < 4.78 is 10.0. The fourth-order valence-electron chi connectivity index (χ4n) is 12.4. The molecule has 6 nitrogen and oxygen atoms in total. The van der Waals surface area contributed by atoms with Crippen molar-refractivity contribution in [2.75, 3.05) is 21.3 Å². The van der Waals surface area contributed by atoms with Crippen LogP contribution >= 0.6 is 0 Å². The van der Waals surface area contributed by atoms with E-state index < -0.39 is 0 Å². The predicted molar refractivity (Wildman–Crippen MR) is 213 cm³/mol. The molecular formula is C47H65NO5. The standard InChI is InChI=1S/C47H65NO5/c1-31(2)11-10-12-32(3)37-23-27-46(6)39-21-22-40-44(4,38(39)24-28-45(37,46)5)26-25-41(48-53-9)47(40,29-33-13-17-35(18-14-33)42(49)51-7)30-34-15-19-36(20-16-34)43(50)52-8/h13-20,31-32,37,40H,10-12,21-30H2,1-9H3/b48-41+/t32-,37-,40-,44-,45-,46+/m0/s1. The summed E-state index contributed by atoms with van der Waals surface area (Å²) in [6.07, 6.45) is 14.9. The first-order chi connectivity index (χ1) is 25.3. The van der Waals surface area contributed by atoms with Gasteiger partial charge in [-0.2, -0.15) is 0 Å². The molecule has 0 aliphatic heterocycles. The van der Waals surface area contributed by atoms with Gasteiger partial charge in [0.15, 0.2) is 0 Å². The summed E-state index contributed by atoms with van der Waals surface area (Å²) in [6.45, 7) is 15.2. The van der Waals surface area contributed by atoms with Crippen LogP contribution in [0.15, 0.2) is 64.8 Å². The average molecular weight is 724 g/mol. The van der Waals surface area contributed by atoms with E-state index in [4.69, 9.17) is 19.5 Å². The summed E-state index contributed by atoms with van der Waals surface area (Å²) in [4.78, 5) is 30.4. The van der Waals surface area contributed by atoms with E-state index in [0.29, 0.717) is 22.5 Å². The van der Waals surface area contributed by atoms with Gasteiger partial charge in [0.05, 0.1) is 31.1 Å². The molecule has 6 atom stereocenters. The molecule has 0 heterocycles. The summed E-state index contributed by atoms with van der Waals surface area (Å²) in [5.74, 6) is 2.02. The molecule has 6 heteroatoms. The van der Waals surface area contributed by atoms with Gasteiger partial charge < -0.3 is 14.3 Å². The van der Waals surface area contributed by atoms with Crippen molar-refractivity contribution >= 4 is 17.7 Å². The number of benzene rings is 2. The van der Waals surface area contributed by atoms with Gasteiger partial charge in [0.25, 0.3) is 0 Å². The number of esters is 2. The van der Waals surface area contributed by atoms with Crippen molar-refractivity contribution in [2.45, 2.75) is 125 Å². The van der Waals surface area contributed by atoms with Crippen LogP contribution in [0.25, 0.3) is 0 Å². The zero-order valence-electron chi connectivity index (χ0n) is 34.1. The van der Waals surface area contributed by atoms with Crippen molar-refractivity contribution in [3.8, 4) is 0 Å². The number of oxime groups is 1. The number of nitrogens with zero attached hydrogens (tertiary/aromatic N) is 1. The first-order valence-electron chi connectivity index (χ1n) is 20.4. The zero-order valence-corrected chi connectivity index (χ0v) is 34.1. The molecule has 0 radical (unpaired) electrons. The topological polar surface area (TPSA) is 74.2 Å². The van der Waals surface area contributed by atoms with Gasteiger partial charge in [-0.25, -0.2) is 9.59 Å². The molecule has 2 saturated carbocycles. The van der Waals surface area contributed by atoms with Crippen LogP contribution in [-0.4, -0.2) is 39.0 Å². The molecule has 0 amide bonds. The molecule has 2 fully saturated rings. The van der Waals surface area contributed by atoms with E-state index in [1.54, 1.807) is 18.3 Å². The van der Waals surface area contributed by atoms with Crippen LogP contribution in [0.3, 0.4) is 0 Å². The molecule has 4 aliphatic carbocycles. The SMILES string of the molecule is CO/N=C1\CC[C@@]2(C)C3=C(CC[C@@H]2C1(Cc1ccc(C(=O)OC)cc1)Cc1ccc(C(=O)OC)cc1)[C@@]1(C)CC[C@@H]([C@@H](C)CCCC(C)C)[C@]1(C)CC3. The summed E-state index contributed by atoms with van der Waals surface area (Å²) in [5.41, 5.74) is 8.41. The van der Waals surface area contributed by atoms with E-state index in [-0.39, 0.29) is 28.2 Å².